The average molecular weight is 156 g/mol. The SMILES string of the molecule is O=c1ccc2c3c(=O)c(c1-2)C=C3. The van der Waals surface area contributed by atoms with Crippen molar-refractivity contribution in [2.24, 2.45) is 0 Å². The van der Waals surface area contributed by atoms with Crippen LogP contribution in [-0.2, 0) is 0 Å². The van der Waals surface area contributed by atoms with Gasteiger partial charge in [0.2, 0.25) is 0 Å². The molecule has 0 amide bonds. The molecule has 0 fully saturated rings. The lowest BCUT2D eigenvalue weighted by Crippen LogP contribution is -1.99. The van der Waals surface area contributed by atoms with E-state index in [1.165, 1.54) is 6.07 Å². The Morgan fingerprint density at radius 2 is 1.67 bits per heavy atom. The monoisotopic (exact) mass is 156 g/mol. The minimum absolute atomic E-state index is 0.0118. The van der Waals surface area contributed by atoms with Crippen molar-refractivity contribution >= 4 is 12.2 Å². The second kappa shape index (κ2) is 1.55. The Morgan fingerprint density at radius 1 is 0.917 bits per heavy atom. The van der Waals surface area contributed by atoms with Gasteiger partial charge >= 0.3 is 0 Å². The second-order valence-corrected chi connectivity index (χ2v) is 2.98. The number of fused-ring (bicyclic) bond motifs is 5. The highest BCUT2D eigenvalue weighted by molar-refractivity contribution is 5.97. The van der Waals surface area contributed by atoms with Crippen molar-refractivity contribution in [1.29, 1.82) is 0 Å². The minimum atomic E-state index is -0.0345. The fourth-order valence-electron chi connectivity index (χ4n) is 1.83. The van der Waals surface area contributed by atoms with Crippen LogP contribution in [0.2, 0.25) is 0 Å². The Bertz CT molecular complexity index is 554. The van der Waals surface area contributed by atoms with E-state index in [0.29, 0.717) is 16.7 Å². The van der Waals surface area contributed by atoms with Crippen molar-refractivity contribution in [1.82, 2.24) is 0 Å². The number of rotatable bonds is 0. The third-order valence-corrected chi connectivity index (χ3v) is 2.38. The molecule has 0 radical (unpaired) electrons. The summed E-state index contributed by atoms with van der Waals surface area (Å²) in [7, 11) is 0. The van der Waals surface area contributed by atoms with Crippen LogP contribution in [0.1, 0.15) is 11.1 Å². The Labute approximate surface area is 67.8 Å². The first-order valence-corrected chi connectivity index (χ1v) is 3.73. The molecule has 2 heteroatoms. The van der Waals surface area contributed by atoms with Gasteiger partial charge in [-0.05, 0) is 29.8 Å². The van der Waals surface area contributed by atoms with Crippen molar-refractivity contribution in [3.63, 3.8) is 0 Å². The summed E-state index contributed by atoms with van der Waals surface area (Å²) < 4.78 is 0. The maximum atomic E-state index is 11.4. The van der Waals surface area contributed by atoms with Crippen LogP contribution >= 0.6 is 0 Å². The quantitative estimate of drug-likeness (QED) is 0.484. The van der Waals surface area contributed by atoms with E-state index in [2.05, 4.69) is 0 Å². The molecule has 0 saturated carbocycles. The summed E-state index contributed by atoms with van der Waals surface area (Å²) in [6.45, 7) is 0. The lowest BCUT2D eigenvalue weighted by Gasteiger charge is -1.93. The first-order valence-electron chi connectivity index (χ1n) is 3.73. The van der Waals surface area contributed by atoms with Gasteiger partial charge < -0.3 is 0 Å². The summed E-state index contributed by atoms with van der Waals surface area (Å²) in [4.78, 5) is 22.6. The van der Waals surface area contributed by atoms with Crippen molar-refractivity contribution in [3.8, 4) is 11.1 Å². The molecular weight excluding hydrogens is 152 g/mol. The van der Waals surface area contributed by atoms with E-state index in [-0.39, 0.29) is 10.9 Å². The molecule has 12 heavy (non-hydrogen) atoms. The van der Waals surface area contributed by atoms with Gasteiger partial charge in [0, 0.05) is 16.7 Å². The van der Waals surface area contributed by atoms with E-state index >= 15 is 0 Å². The van der Waals surface area contributed by atoms with Crippen molar-refractivity contribution in [2.45, 2.75) is 0 Å². The van der Waals surface area contributed by atoms with Crippen LogP contribution in [0.15, 0.2) is 21.7 Å². The van der Waals surface area contributed by atoms with Crippen LogP contribution in [0.4, 0.5) is 0 Å². The standard InChI is InChI=1S/C10H4O2/c11-8-4-3-5-6-1-2-7(9(5)8)10(6)12/h1-4H. The maximum absolute atomic E-state index is 11.4. The smallest absolute Gasteiger partial charge is 0.194 e. The zero-order valence-corrected chi connectivity index (χ0v) is 6.13. The fraction of sp³-hybridized carbons (Fsp3) is 0. The summed E-state index contributed by atoms with van der Waals surface area (Å²) in [6.07, 6.45) is 3.50. The fourth-order valence-corrected chi connectivity index (χ4v) is 1.83. The van der Waals surface area contributed by atoms with Gasteiger partial charge in [-0.25, -0.2) is 0 Å². The van der Waals surface area contributed by atoms with Crippen LogP contribution < -0.4 is 10.9 Å². The third kappa shape index (κ3) is 0.424. The average Bonchev–Trinajstić information content (AvgIpc) is 2.66. The van der Waals surface area contributed by atoms with Gasteiger partial charge in [0.15, 0.2) is 10.9 Å². The molecular formula is C10H4O2. The lowest BCUT2D eigenvalue weighted by atomic mass is 10.1. The first kappa shape index (κ1) is 5.89. The molecule has 3 aliphatic carbocycles. The Morgan fingerprint density at radius 3 is 2.42 bits per heavy atom. The lowest BCUT2D eigenvalue weighted by molar-refractivity contribution is 1.66. The summed E-state index contributed by atoms with van der Waals surface area (Å²) in [5.41, 5.74) is 2.67. The van der Waals surface area contributed by atoms with Crippen molar-refractivity contribution < 1.29 is 0 Å². The molecule has 0 saturated heterocycles. The molecule has 0 atom stereocenters. The molecule has 3 rings (SSSR count). The van der Waals surface area contributed by atoms with Gasteiger partial charge in [0.05, 0.1) is 0 Å². The molecule has 3 aliphatic rings. The Kier molecular flexibility index (Phi) is 0.763. The van der Waals surface area contributed by atoms with Gasteiger partial charge in [0.25, 0.3) is 0 Å². The zero-order chi connectivity index (χ0) is 8.29. The van der Waals surface area contributed by atoms with E-state index in [1.807, 2.05) is 0 Å². The summed E-state index contributed by atoms with van der Waals surface area (Å²) in [5, 5.41) is 0. The maximum Gasteiger partial charge on any atom is 0.194 e. The zero-order valence-electron chi connectivity index (χ0n) is 6.13. The number of hydrogen-bond donors (Lipinski definition) is 0. The van der Waals surface area contributed by atoms with E-state index in [9.17, 15) is 9.59 Å². The Hall–Kier alpha value is -1.70. The van der Waals surface area contributed by atoms with Crippen molar-refractivity contribution in [3.05, 3.63) is 43.7 Å². The van der Waals surface area contributed by atoms with Crippen LogP contribution in [0.3, 0.4) is 0 Å². The molecule has 2 bridgehead atoms. The molecule has 0 aromatic heterocycles. The Balaban J connectivity index is 2.74. The third-order valence-electron chi connectivity index (χ3n) is 2.38. The number of hydrogen-bond acceptors (Lipinski definition) is 2. The molecule has 0 N–H and O–H groups in total. The predicted molar refractivity (Wildman–Crippen MR) is 46.9 cm³/mol. The van der Waals surface area contributed by atoms with Crippen LogP contribution in [-0.4, -0.2) is 0 Å². The summed E-state index contributed by atoms with van der Waals surface area (Å²) in [6, 6.07) is 3.24. The minimum Gasteiger partial charge on any atom is -0.289 e. The molecule has 2 nitrogen and oxygen atoms in total. The van der Waals surface area contributed by atoms with Crippen LogP contribution in [0.25, 0.3) is 23.3 Å². The van der Waals surface area contributed by atoms with E-state index in [0.717, 1.165) is 5.56 Å². The van der Waals surface area contributed by atoms with Crippen molar-refractivity contribution in [2.75, 3.05) is 0 Å². The molecule has 0 aliphatic heterocycles. The van der Waals surface area contributed by atoms with E-state index in [1.54, 1.807) is 18.2 Å². The summed E-state index contributed by atoms with van der Waals surface area (Å²) >= 11 is 0. The molecule has 0 aromatic rings. The highest BCUT2D eigenvalue weighted by Gasteiger charge is 2.25. The highest BCUT2D eigenvalue weighted by Crippen LogP contribution is 2.32. The highest BCUT2D eigenvalue weighted by atomic mass is 16.1. The molecule has 56 valence electrons. The van der Waals surface area contributed by atoms with E-state index < -0.39 is 0 Å². The molecule has 0 aromatic carbocycles. The largest absolute Gasteiger partial charge is 0.289 e. The van der Waals surface area contributed by atoms with Crippen LogP contribution in [0.5, 0.6) is 0 Å². The predicted octanol–water partition coefficient (Wildman–Crippen LogP) is 0.871. The second-order valence-electron chi connectivity index (χ2n) is 2.98. The topological polar surface area (TPSA) is 34.1 Å². The van der Waals surface area contributed by atoms with Gasteiger partial charge in [-0.1, -0.05) is 0 Å². The van der Waals surface area contributed by atoms with Gasteiger partial charge in [-0.2, -0.15) is 0 Å². The molecule has 0 unspecified atom stereocenters. The normalized spacial score (nSPS) is 13.3. The summed E-state index contributed by atoms with van der Waals surface area (Å²) in [5.74, 6) is 0. The van der Waals surface area contributed by atoms with Crippen LogP contribution in [0, 0.1) is 0 Å². The molecule has 0 heterocycles. The van der Waals surface area contributed by atoms with E-state index in [4.69, 9.17) is 0 Å². The van der Waals surface area contributed by atoms with Gasteiger partial charge in [-0.3, -0.25) is 9.59 Å². The first-order chi connectivity index (χ1) is 5.79. The van der Waals surface area contributed by atoms with Gasteiger partial charge in [0.1, 0.15) is 0 Å². The van der Waals surface area contributed by atoms with Gasteiger partial charge in [-0.15, -0.1) is 0 Å². The molecule has 0 spiro atoms.